The van der Waals surface area contributed by atoms with Gasteiger partial charge in [0.05, 0.1) is 0 Å². The van der Waals surface area contributed by atoms with Gasteiger partial charge >= 0.3 is 6.09 Å². The molecule has 1 fully saturated rings. The third-order valence-corrected chi connectivity index (χ3v) is 3.55. The fourth-order valence-corrected chi connectivity index (χ4v) is 2.53. The molecular weight excluding hydrogens is 252 g/mol. The summed E-state index contributed by atoms with van der Waals surface area (Å²) in [6, 6.07) is 9.67. The molecule has 4 heteroatoms. The molecule has 2 rings (SSSR count). The summed E-state index contributed by atoms with van der Waals surface area (Å²) in [6.07, 6.45) is 4.31. The molecule has 0 bridgehead atoms. The number of nitrogens with one attached hydrogen (secondary N) is 1. The highest BCUT2D eigenvalue weighted by Crippen LogP contribution is 2.13. The second-order valence-corrected chi connectivity index (χ2v) is 5.27. The van der Waals surface area contributed by atoms with E-state index in [4.69, 9.17) is 4.74 Å². The first-order valence-corrected chi connectivity index (χ1v) is 7.54. The van der Waals surface area contributed by atoms with Gasteiger partial charge in [-0.2, -0.15) is 0 Å². The van der Waals surface area contributed by atoms with Crippen molar-refractivity contribution in [3.8, 4) is 5.75 Å². The van der Waals surface area contributed by atoms with E-state index in [1.165, 1.54) is 12.8 Å². The van der Waals surface area contributed by atoms with Crippen LogP contribution in [0.25, 0.3) is 0 Å². The molecule has 1 heterocycles. The number of rotatable bonds is 5. The monoisotopic (exact) mass is 276 g/mol. The van der Waals surface area contributed by atoms with Gasteiger partial charge in [0.15, 0.2) is 0 Å². The number of hydrogen-bond donors (Lipinski definition) is 1. The maximum absolute atomic E-state index is 12.3. The van der Waals surface area contributed by atoms with Crippen LogP contribution in [0.5, 0.6) is 5.75 Å². The molecule has 0 aliphatic carbocycles. The first kappa shape index (κ1) is 14.9. The first-order valence-electron chi connectivity index (χ1n) is 7.54. The highest BCUT2D eigenvalue weighted by molar-refractivity contribution is 5.70. The molecule has 1 aromatic carbocycles. The van der Waals surface area contributed by atoms with Gasteiger partial charge in [-0.3, -0.25) is 0 Å². The average molecular weight is 276 g/mol. The van der Waals surface area contributed by atoms with Gasteiger partial charge in [-0.1, -0.05) is 31.5 Å². The Morgan fingerprint density at radius 1 is 1.35 bits per heavy atom. The van der Waals surface area contributed by atoms with E-state index in [1.54, 1.807) is 12.1 Å². The van der Waals surface area contributed by atoms with Gasteiger partial charge in [-0.25, -0.2) is 4.79 Å². The van der Waals surface area contributed by atoms with Crippen molar-refractivity contribution < 1.29 is 9.53 Å². The Balaban J connectivity index is 1.90. The fraction of sp³-hybridized carbons (Fsp3) is 0.562. The van der Waals surface area contributed by atoms with Crippen LogP contribution in [0.2, 0.25) is 0 Å². The Bertz CT molecular complexity index is 402. The normalized spacial score (nSPS) is 18.6. The molecule has 0 spiro atoms. The molecule has 1 N–H and O–H groups in total. The third-order valence-electron chi connectivity index (χ3n) is 3.55. The Kier molecular flexibility index (Phi) is 5.87. The summed E-state index contributed by atoms with van der Waals surface area (Å²) < 4.78 is 5.43. The van der Waals surface area contributed by atoms with Crippen LogP contribution in [0.3, 0.4) is 0 Å². The average Bonchev–Trinajstić information content (AvgIpc) is 2.49. The number of benzene rings is 1. The van der Waals surface area contributed by atoms with Crippen molar-refractivity contribution in [2.75, 3.05) is 19.6 Å². The summed E-state index contributed by atoms with van der Waals surface area (Å²) >= 11 is 0. The van der Waals surface area contributed by atoms with Crippen LogP contribution in [-0.2, 0) is 0 Å². The smallest absolute Gasteiger partial charge is 0.410 e. The molecule has 1 saturated heterocycles. The minimum absolute atomic E-state index is 0.245. The highest BCUT2D eigenvalue weighted by atomic mass is 16.6. The van der Waals surface area contributed by atoms with E-state index in [1.807, 2.05) is 23.1 Å². The van der Waals surface area contributed by atoms with Crippen molar-refractivity contribution in [2.45, 2.75) is 38.6 Å². The summed E-state index contributed by atoms with van der Waals surface area (Å²) in [5, 5.41) is 3.48. The molecule has 1 aliphatic rings. The Labute approximate surface area is 121 Å². The van der Waals surface area contributed by atoms with Gasteiger partial charge in [0.1, 0.15) is 5.75 Å². The number of piperidine rings is 1. The largest absolute Gasteiger partial charge is 0.415 e. The molecule has 1 amide bonds. The molecule has 110 valence electrons. The zero-order valence-electron chi connectivity index (χ0n) is 12.2. The summed E-state index contributed by atoms with van der Waals surface area (Å²) in [6.45, 7) is 4.61. The SMILES string of the molecule is CCCN(CC1CCCCN1)C(=O)Oc1ccccc1. The number of ether oxygens (including phenoxy) is 1. The van der Waals surface area contributed by atoms with Gasteiger partial charge in [-0.15, -0.1) is 0 Å². The molecule has 1 aliphatic heterocycles. The van der Waals surface area contributed by atoms with Crippen LogP contribution >= 0.6 is 0 Å². The van der Waals surface area contributed by atoms with Gasteiger partial charge in [0.2, 0.25) is 0 Å². The van der Waals surface area contributed by atoms with Crippen LogP contribution in [-0.4, -0.2) is 36.7 Å². The van der Waals surface area contributed by atoms with Gasteiger partial charge in [-0.05, 0) is 37.9 Å². The Morgan fingerprint density at radius 2 is 2.15 bits per heavy atom. The number of carbonyl (C=O) groups is 1. The van der Waals surface area contributed by atoms with E-state index in [0.29, 0.717) is 11.8 Å². The minimum Gasteiger partial charge on any atom is -0.410 e. The fourth-order valence-electron chi connectivity index (χ4n) is 2.53. The third kappa shape index (κ3) is 4.53. The van der Waals surface area contributed by atoms with E-state index < -0.39 is 0 Å². The Hall–Kier alpha value is -1.55. The van der Waals surface area contributed by atoms with E-state index in [2.05, 4.69) is 12.2 Å². The summed E-state index contributed by atoms with van der Waals surface area (Å²) in [5.41, 5.74) is 0. The van der Waals surface area contributed by atoms with Crippen LogP contribution in [0, 0.1) is 0 Å². The van der Waals surface area contributed by atoms with Crippen molar-refractivity contribution in [2.24, 2.45) is 0 Å². The molecule has 0 radical (unpaired) electrons. The van der Waals surface area contributed by atoms with E-state index >= 15 is 0 Å². The number of hydrogen-bond acceptors (Lipinski definition) is 3. The lowest BCUT2D eigenvalue weighted by Gasteiger charge is -2.29. The first-order chi connectivity index (χ1) is 9.79. The molecule has 0 saturated carbocycles. The van der Waals surface area contributed by atoms with Crippen LogP contribution in [0.4, 0.5) is 4.79 Å². The summed E-state index contributed by atoms with van der Waals surface area (Å²) in [5.74, 6) is 0.607. The van der Waals surface area contributed by atoms with Gasteiger partial charge < -0.3 is 15.0 Å². The maximum Gasteiger partial charge on any atom is 0.415 e. The molecule has 20 heavy (non-hydrogen) atoms. The van der Waals surface area contributed by atoms with E-state index in [-0.39, 0.29) is 6.09 Å². The van der Waals surface area contributed by atoms with Crippen molar-refractivity contribution in [1.29, 1.82) is 0 Å². The molecule has 1 aromatic rings. The number of carbonyl (C=O) groups excluding carboxylic acids is 1. The van der Waals surface area contributed by atoms with E-state index in [0.717, 1.165) is 32.5 Å². The summed E-state index contributed by atoms with van der Waals surface area (Å²) in [7, 11) is 0. The lowest BCUT2D eigenvalue weighted by atomic mass is 10.0. The lowest BCUT2D eigenvalue weighted by molar-refractivity contribution is 0.143. The van der Waals surface area contributed by atoms with Crippen molar-refractivity contribution >= 4 is 6.09 Å². The second kappa shape index (κ2) is 7.90. The topological polar surface area (TPSA) is 41.6 Å². The van der Waals surface area contributed by atoms with E-state index in [9.17, 15) is 4.79 Å². The second-order valence-electron chi connectivity index (χ2n) is 5.27. The van der Waals surface area contributed by atoms with Crippen LogP contribution < -0.4 is 10.1 Å². The van der Waals surface area contributed by atoms with Crippen molar-refractivity contribution in [1.82, 2.24) is 10.2 Å². The zero-order valence-corrected chi connectivity index (χ0v) is 12.2. The van der Waals surface area contributed by atoms with Crippen molar-refractivity contribution in [3.63, 3.8) is 0 Å². The van der Waals surface area contributed by atoms with Gasteiger partial charge in [0.25, 0.3) is 0 Å². The van der Waals surface area contributed by atoms with Crippen LogP contribution in [0.15, 0.2) is 30.3 Å². The molecule has 1 atom stereocenters. The quantitative estimate of drug-likeness (QED) is 0.898. The molecule has 4 nitrogen and oxygen atoms in total. The number of nitrogens with zero attached hydrogens (tertiary/aromatic N) is 1. The van der Waals surface area contributed by atoms with Crippen LogP contribution in [0.1, 0.15) is 32.6 Å². The lowest BCUT2D eigenvalue weighted by Crippen LogP contribution is -2.46. The molecular formula is C16H24N2O2. The highest BCUT2D eigenvalue weighted by Gasteiger charge is 2.21. The number of amides is 1. The Morgan fingerprint density at radius 3 is 2.80 bits per heavy atom. The predicted octanol–water partition coefficient (Wildman–Crippen LogP) is 3.04. The van der Waals surface area contributed by atoms with Gasteiger partial charge in [0, 0.05) is 19.1 Å². The minimum atomic E-state index is -0.245. The molecule has 0 aromatic heterocycles. The van der Waals surface area contributed by atoms with Crippen molar-refractivity contribution in [3.05, 3.63) is 30.3 Å². The summed E-state index contributed by atoms with van der Waals surface area (Å²) in [4.78, 5) is 14.1. The zero-order chi connectivity index (χ0) is 14.2. The standard InChI is InChI=1S/C16H24N2O2/c1-2-12-18(13-14-8-6-7-11-17-14)16(19)20-15-9-4-3-5-10-15/h3-5,9-10,14,17H,2,6-8,11-13H2,1H3. The molecule has 1 unspecified atom stereocenters. The number of para-hydroxylation sites is 1. The predicted molar refractivity (Wildman–Crippen MR) is 80.0 cm³/mol. The maximum atomic E-state index is 12.3.